The Hall–Kier alpha value is -4.13. The Kier molecular flexibility index (Phi) is 8.02. The quantitative estimate of drug-likeness (QED) is 0.482. The Labute approximate surface area is 224 Å². The van der Waals surface area contributed by atoms with Crippen LogP contribution in [-0.2, 0) is 9.59 Å². The van der Waals surface area contributed by atoms with Crippen LogP contribution in [0.2, 0.25) is 0 Å². The lowest BCUT2D eigenvalue weighted by Crippen LogP contribution is -2.52. The topological polar surface area (TPSA) is 74.8 Å². The molecule has 0 spiro atoms. The molecule has 2 amide bonds. The van der Waals surface area contributed by atoms with E-state index < -0.39 is 5.92 Å². The second kappa shape index (κ2) is 11.9. The third kappa shape index (κ3) is 5.72. The first-order valence-electron chi connectivity index (χ1n) is 13.2. The zero-order chi connectivity index (χ0) is 26.3. The van der Waals surface area contributed by atoms with Crippen molar-refractivity contribution in [2.75, 3.05) is 38.2 Å². The standard InChI is InChI=1S/C31H34N4O3/c1-38-25-16-14-24(15-17-25)34-19-21-35(22-20-34)31(37)27-12-6-5-11-26(27)30(36)33-29(23-9-3-2-4-10-23)28-13-7-8-18-32-28/h2-10,13-18,26-27,29H,11-12,19-22H2,1H3,(H,33,36). The summed E-state index contributed by atoms with van der Waals surface area (Å²) in [7, 11) is 1.66. The van der Waals surface area contributed by atoms with Gasteiger partial charge >= 0.3 is 0 Å². The largest absolute Gasteiger partial charge is 0.497 e. The van der Waals surface area contributed by atoms with E-state index in [9.17, 15) is 9.59 Å². The molecule has 3 aromatic rings. The minimum absolute atomic E-state index is 0.0676. The van der Waals surface area contributed by atoms with Crippen LogP contribution in [0.5, 0.6) is 5.75 Å². The zero-order valence-electron chi connectivity index (χ0n) is 21.7. The minimum Gasteiger partial charge on any atom is -0.497 e. The van der Waals surface area contributed by atoms with Crippen molar-refractivity contribution < 1.29 is 14.3 Å². The number of hydrogen-bond donors (Lipinski definition) is 1. The van der Waals surface area contributed by atoms with E-state index in [2.05, 4.69) is 15.2 Å². The number of pyridine rings is 1. The van der Waals surface area contributed by atoms with Crippen LogP contribution in [0.3, 0.4) is 0 Å². The molecule has 1 aromatic heterocycles. The van der Waals surface area contributed by atoms with Gasteiger partial charge < -0.3 is 19.9 Å². The van der Waals surface area contributed by atoms with Gasteiger partial charge in [0.15, 0.2) is 0 Å². The van der Waals surface area contributed by atoms with Crippen molar-refractivity contribution in [2.24, 2.45) is 11.8 Å². The van der Waals surface area contributed by atoms with Gasteiger partial charge in [-0.1, -0.05) is 48.6 Å². The number of piperazine rings is 1. The molecule has 1 fully saturated rings. The van der Waals surface area contributed by atoms with Crippen LogP contribution in [0.25, 0.3) is 0 Å². The van der Waals surface area contributed by atoms with Gasteiger partial charge in [0.05, 0.1) is 30.7 Å². The summed E-state index contributed by atoms with van der Waals surface area (Å²) in [6.07, 6.45) is 6.92. The van der Waals surface area contributed by atoms with Crippen molar-refractivity contribution in [1.82, 2.24) is 15.2 Å². The number of methoxy groups -OCH3 is 1. The van der Waals surface area contributed by atoms with Crippen LogP contribution in [0.15, 0.2) is 91.1 Å². The van der Waals surface area contributed by atoms with Crippen LogP contribution in [0, 0.1) is 11.8 Å². The summed E-state index contributed by atoms with van der Waals surface area (Å²) in [5.41, 5.74) is 2.86. The van der Waals surface area contributed by atoms with E-state index >= 15 is 0 Å². The molecule has 0 saturated carbocycles. The number of carbonyl (C=O) groups excluding carboxylic acids is 2. The van der Waals surface area contributed by atoms with E-state index in [-0.39, 0.29) is 23.8 Å². The number of ether oxygens (including phenoxy) is 1. The molecule has 7 heteroatoms. The van der Waals surface area contributed by atoms with E-state index in [1.54, 1.807) is 13.3 Å². The van der Waals surface area contributed by atoms with Gasteiger partial charge in [-0.2, -0.15) is 0 Å². The molecule has 3 atom stereocenters. The van der Waals surface area contributed by atoms with E-state index in [0.717, 1.165) is 35.8 Å². The third-order valence-corrected chi connectivity index (χ3v) is 7.52. The molecular formula is C31H34N4O3. The molecule has 3 unspecified atom stereocenters. The number of nitrogens with zero attached hydrogens (tertiary/aromatic N) is 3. The number of hydrogen-bond acceptors (Lipinski definition) is 5. The monoisotopic (exact) mass is 510 g/mol. The summed E-state index contributed by atoms with van der Waals surface area (Å²) in [5, 5.41) is 3.22. The lowest BCUT2D eigenvalue weighted by Gasteiger charge is -2.39. The lowest BCUT2D eigenvalue weighted by atomic mass is 9.81. The molecule has 196 valence electrons. The first-order valence-corrected chi connectivity index (χ1v) is 13.2. The Balaban J connectivity index is 1.26. The van der Waals surface area contributed by atoms with Gasteiger partial charge in [0, 0.05) is 38.1 Å². The maximum Gasteiger partial charge on any atom is 0.226 e. The number of anilines is 1. The van der Waals surface area contributed by atoms with Gasteiger partial charge in [0.1, 0.15) is 5.75 Å². The maximum absolute atomic E-state index is 13.7. The van der Waals surface area contributed by atoms with Crippen molar-refractivity contribution in [1.29, 1.82) is 0 Å². The van der Waals surface area contributed by atoms with Crippen LogP contribution >= 0.6 is 0 Å². The summed E-state index contributed by atoms with van der Waals surface area (Å²) in [5.74, 6) is 0.00609. The Morgan fingerprint density at radius 2 is 1.55 bits per heavy atom. The minimum atomic E-state index is -0.415. The van der Waals surface area contributed by atoms with Gasteiger partial charge in [-0.25, -0.2) is 0 Å². The molecule has 0 bridgehead atoms. The molecule has 2 heterocycles. The number of allylic oxidation sites excluding steroid dienone is 2. The van der Waals surface area contributed by atoms with Crippen molar-refractivity contribution >= 4 is 17.5 Å². The zero-order valence-corrected chi connectivity index (χ0v) is 21.7. The molecule has 0 radical (unpaired) electrons. The van der Waals surface area contributed by atoms with Gasteiger partial charge in [-0.3, -0.25) is 14.6 Å². The highest BCUT2D eigenvalue weighted by Gasteiger charge is 2.38. The van der Waals surface area contributed by atoms with Crippen molar-refractivity contribution in [2.45, 2.75) is 18.9 Å². The fraction of sp³-hybridized carbons (Fsp3) is 0.323. The molecule has 2 aromatic carbocycles. The summed E-state index contributed by atoms with van der Waals surface area (Å²) >= 11 is 0. The third-order valence-electron chi connectivity index (χ3n) is 7.52. The second-order valence-corrected chi connectivity index (χ2v) is 9.77. The van der Waals surface area contributed by atoms with E-state index in [1.165, 1.54) is 0 Å². The molecule has 38 heavy (non-hydrogen) atoms. The van der Waals surface area contributed by atoms with Crippen molar-refractivity contribution in [3.63, 3.8) is 0 Å². The highest BCUT2D eigenvalue weighted by Crippen LogP contribution is 2.30. The molecule has 1 aliphatic heterocycles. The number of benzene rings is 2. The van der Waals surface area contributed by atoms with Crippen molar-refractivity contribution in [3.05, 3.63) is 102 Å². The Morgan fingerprint density at radius 3 is 2.21 bits per heavy atom. The SMILES string of the molecule is COc1ccc(N2CCN(C(=O)C3CC=CCC3C(=O)NC(c3ccccc3)c3ccccn3)CC2)cc1. The maximum atomic E-state index is 13.7. The molecule has 1 aliphatic carbocycles. The number of amides is 2. The summed E-state index contributed by atoms with van der Waals surface area (Å²) in [6.45, 7) is 2.79. The average Bonchev–Trinajstić information content (AvgIpc) is 3.00. The Bertz CT molecular complexity index is 1200. The van der Waals surface area contributed by atoms with Crippen LogP contribution < -0.4 is 15.0 Å². The Morgan fingerprint density at radius 1 is 0.868 bits per heavy atom. The van der Waals surface area contributed by atoms with E-state index in [4.69, 9.17) is 4.74 Å². The lowest BCUT2D eigenvalue weighted by molar-refractivity contribution is -0.142. The first-order chi connectivity index (χ1) is 18.6. The summed E-state index contributed by atoms with van der Waals surface area (Å²) < 4.78 is 5.26. The fourth-order valence-electron chi connectivity index (χ4n) is 5.36. The van der Waals surface area contributed by atoms with Gasteiger partial charge in [0.2, 0.25) is 11.8 Å². The smallest absolute Gasteiger partial charge is 0.226 e. The number of nitrogens with one attached hydrogen (secondary N) is 1. The normalized spacial score (nSPS) is 20.0. The molecule has 1 N–H and O–H groups in total. The summed E-state index contributed by atoms with van der Waals surface area (Å²) in [6, 6.07) is 23.2. The number of rotatable bonds is 7. The molecule has 2 aliphatic rings. The average molecular weight is 511 g/mol. The van der Waals surface area contributed by atoms with Crippen molar-refractivity contribution in [3.8, 4) is 5.75 Å². The van der Waals surface area contributed by atoms with Crippen LogP contribution in [0.1, 0.15) is 30.1 Å². The fourth-order valence-corrected chi connectivity index (χ4v) is 5.36. The van der Waals surface area contributed by atoms with Crippen LogP contribution in [-0.4, -0.2) is 55.0 Å². The number of carbonyl (C=O) groups is 2. The molecule has 1 saturated heterocycles. The second-order valence-electron chi connectivity index (χ2n) is 9.77. The highest BCUT2D eigenvalue weighted by atomic mass is 16.5. The summed E-state index contributed by atoms with van der Waals surface area (Å²) in [4.78, 5) is 36.1. The van der Waals surface area contributed by atoms with E-state index in [0.29, 0.717) is 25.9 Å². The van der Waals surface area contributed by atoms with Gasteiger partial charge in [-0.05, 0) is 54.8 Å². The molecule has 7 nitrogen and oxygen atoms in total. The predicted molar refractivity (Wildman–Crippen MR) is 148 cm³/mol. The molecular weight excluding hydrogens is 476 g/mol. The molecule has 5 rings (SSSR count). The predicted octanol–water partition coefficient (Wildman–Crippen LogP) is 4.23. The van der Waals surface area contributed by atoms with E-state index in [1.807, 2.05) is 89.8 Å². The number of aromatic nitrogens is 1. The van der Waals surface area contributed by atoms with Gasteiger partial charge in [-0.15, -0.1) is 0 Å². The van der Waals surface area contributed by atoms with Gasteiger partial charge in [0.25, 0.3) is 0 Å². The highest BCUT2D eigenvalue weighted by molar-refractivity contribution is 5.89. The van der Waals surface area contributed by atoms with Crippen LogP contribution in [0.4, 0.5) is 5.69 Å². The first kappa shape index (κ1) is 25.5.